The number of hydrogen-bond donors (Lipinski definition) is 3. The number of halogens is 1. The number of aromatic carboxylic acids is 1. The molecule has 0 spiro atoms. The number of carboxylic acid groups (broad SMARTS) is 1. The number of nitrogens with one attached hydrogen (secondary N) is 2. The summed E-state index contributed by atoms with van der Waals surface area (Å²) in [6, 6.07) is 6.04. The highest BCUT2D eigenvalue weighted by molar-refractivity contribution is 6.04. The summed E-state index contributed by atoms with van der Waals surface area (Å²) in [5.74, 6) is -2.16. The maximum Gasteiger partial charge on any atom is 0.337 e. The minimum absolute atomic E-state index is 0.326. The van der Waals surface area contributed by atoms with Gasteiger partial charge in [0.1, 0.15) is 5.82 Å². The molecular weight excluding hydrogens is 277 g/mol. The average Bonchev–Trinajstić information content (AvgIpc) is 2.43. The number of carboxylic acids is 1. The van der Waals surface area contributed by atoms with Crippen LogP contribution >= 0.6 is 0 Å². The van der Waals surface area contributed by atoms with Gasteiger partial charge in [-0.25, -0.2) is 14.0 Å². The number of hydrogen-bond acceptors (Lipinski definition) is 3. The third-order valence-corrected chi connectivity index (χ3v) is 2.74. The van der Waals surface area contributed by atoms with Gasteiger partial charge in [0.25, 0.3) is 0 Å². The molecule has 0 saturated heterocycles. The molecule has 1 heterocycles. The molecule has 0 fully saturated rings. The number of benzene rings is 1. The number of aromatic nitrogens is 1. The van der Waals surface area contributed by atoms with Crippen molar-refractivity contribution in [2.45, 2.75) is 6.92 Å². The van der Waals surface area contributed by atoms with Crippen LogP contribution < -0.4 is 10.6 Å². The molecule has 1 aromatic heterocycles. The van der Waals surface area contributed by atoms with Crippen LogP contribution in [0.2, 0.25) is 0 Å². The van der Waals surface area contributed by atoms with Gasteiger partial charge in [-0.2, -0.15) is 0 Å². The zero-order valence-corrected chi connectivity index (χ0v) is 11.1. The van der Waals surface area contributed by atoms with Gasteiger partial charge in [0.05, 0.1) is 22.6 Å². The maximum absolute atomic E-state index is 13.7. The van der Waals surface area contributed by atoms with E-state index in [4.69, 9.17) is 5.11 Å². The van der Waals surface area contributed by atoms with E-state index in [1.165, 1.54) is 12.1 Å². The van der Waals surface area contributed by atoms with Crippen LogP contribution in [0.1, 0.15) is 16.1 Å². The molecule has 0 bridgehead atoms. The molecule has 2 aromatic rings. The Hall–Kier alpha value is -2.96. The van der Waals surface area contributed by atoms with Gasteiger partial charge in [0, 0.05) is 6.20 Å². The van der Waals surface area contributed by atoms with E-state index in [1.807, 2.05) is 0 Å². The Bertz CT molecular complexity index is 704. The first-order valence-electron chi connectivity index (χ1n) is 6.00. The molecular formula is C14H12FN3O3. The van der Waals surface area contributed by atoms with E-state index < -0.39 is 17.8 Å². The zero-order chi connectivity index (χ0) is 15.4. The van der Waals surface area contributed by atoms with E-state index in [9.17, 15) is 14.0 Å². The number of pyridine rings is 1. The minimum Gasteiger partial charge on any atom is -0.478 e. The number of urea groups is 1. The van der Waals surface area contributed by atoms with Gasteiger partial charge in [-0.3, -0.25) is 4.98 Å². The summed E-state index contributed by atoms with van der Waals surface area (Å²) >= 11 is 0. The molecule has 6 nitrogen and oxygen atoms in total. The van der Waals surface area contributed by atoms with Gasteiger partial charge in [-0.15, -0.1) is 0 Å². The van der Waals surface area contributed by atoms with Crippen molar-refractivity contribution in [3.63, 3.8) is 0 Å². The van der Waals surface area contributed by atoms with Crippen molar-refractivity contribution >= 4 is 23.4 Å². The largest absolute Gasteiger partial charge is 0.478 e. The van der Waals surface area contributed by atoms with Gasteiger partial charge in [0.15, 0.2) is 0 Å². The zero-order valence-electron chi connectivity index (χ0n) is 11.1. The Kier molecular flexibility index (Phi) is 4.13. The highest BCUT2D eigenvalue weighted by Gasteiger charge is 2.16. The standard InChI is InChI=1S/C14H12FN3O3/c1-8-11(6-3-7-16-8)17-14(21)18-12-9(13(19)20)4-2-5-10(12)15/h2-7H,1H3,(H,19,20)(H2,17,18,21). The molecule has 0 radical (unpaired) electrons. The van der Waals surface area contributed by atoms with Crippen LogP contribution in [0.3, 0.4) is 0 Å². The summed E-state index contributed by atoms with van der Waals surface area (Å²) < 4.78 is 13.7. The molecule has 0 aliphatic heterocycles. The van der Waals surface area contributed by atoms with Gasteiger partial charge in [-0.1, -0.05) is 6.07 Å². The van der Waals surface area contributed by atoms with E-state index >= 15 is 0 Å². The molecule has 21 heavy (non-hydrogen) atoms. The number of anilines is 2. The van der Waals surface area contributed by atoms with Crippen molar-refractivity contribution < 1.29 is 19.1 Å². The van der Waals surface area contributed by atoms with Crippen molar-refractivity contribution in [1.82, 2.24) is 4.98 Å². The van der Waals surface area contributed by atoms with E-state index in [2.05, 4.69) is 15.6 Å². The van der Waals surface area contributed by atoms with Crippen LogP contribution in [0.5, 0.6) is 0 Å². The van der Waals surface area contributed by atoms with Crippen LogP contribution in [0.4, 0.5) is 20.6 Å². The second-order valence-corrected chi connectivity index (χ2v) is 4.18. The van der Waals surface area contributed by atoms with Gasteiger partial charge in [0.2, 0.25) is 0 Å². The Balaban J connectivity index is 2.21. The van der Waals surface area contributed by atoms with Crippen LogP contribution in [-0.2, 0) is 0 Å². The number of aryl methyl sites for hydroxylation is 1. The van der Waals surface area contributed by atoms with Crippen LogP contribution in [0, 0.1) is 12.7 Å². The van der Waals surface area contributed by atoms with Crippen LogP contribution in [0.25, 0.3) is 0 Å². The molecule has 0 aliphatic rings. The fourth-order valence-corrected chi connectivity index (χ4v) is 1.71. The number of para-hydroxylation sites is 1. The Morgan fingerprint density at radius 3 is 2.62 bits per heavy atom. The van der Waals surface area contributed by atoms with Crippen molar-refractivity contribution in [2.75, 3.05) is 10.6 Å². The first kappa shape index (κ1) is 14.4. The summed E-state index contributed by atoms with van der Waals surface area (Å²) in [4.78, 5) is 26.9. The van der Waals surface area contributed by atoms with E-state index in [1.54, 1.807) is 25.3 Å². The van der Waals surface area contributed by atoms with Crippen LogP contribution in [0.15, 0.2) is 36.5 Å². The SMILES string of the molecule is Cc1ncccc1NC(=O)Nc1c(F)cccc1C(=O)O. The Labute approximate surface area is 119 Å². The number of nitrogens with zero attached hydrogens (tertiary/aromatic N) is 1. The number of amides is 2. The molecule has 0 unspecified atom stereocenters. The van der Waals surface area contributed by atoms with Crippen molar-refractivity contribution in [1.29, 1.82) is 0 Å². The minimum atomic E-state index is -1.33. The quantitative estimate of drug-likeness (QED) is 0.810. The molecule has 2 amide bonds. The van der Waals surface area contributed by atoms with Gasteiger partial charge in [-0.05, 0) is 31.2 Å². The highest BCUT2D eigenvalue weighted by Crippen LogP contribution is 2.20. The summed E-state index contributed by atoms with van der Waals surface area (Å²) in [5.41, 5.74) is 0.319. The molecule has 0 aliphatic carbocycles. The number of rotatable bonds is 3. The molecule has 2 rings (SSSR count). The fraction of sp³-hybridized carbons (Fsp3) is 0.0714. The van der Waals surface area contributed by atoms with Gasteiger partial charge < -0.3 is 15.7 Å². The lowest BCUT2D eigenvalue weighted by Crippen LogP contribution is -2.22. The topological polar surface area (TPSA) is 91.3 Å². The number of carbonyl (C=O) groups excluding carboxylic acids is 1. The van der Waals surface area contributed by atoms with E-state index in [-0.39, 0.29) is 11.3 Å². The summed E-state index contributed by atoms with van der Waals surface area (Å²) in [6.45, 7) is 1.70. The predicted octanol–water partition coefficient (Wildman–Crippen LogP) is 2.87. The first-order chi connectivity index (χ1) is 9.99. The van der Waals surface area contributed by atoms with Crippen molar-refractivity contribution in [2.24, 2.45) is 0 Å². The lowest BCUT2D eigenvalue weighted by Gasteiger charge is -2.11. The molecule has 0 atom stereocenters. The Morgan fingerprint density at radius 2 is 1.95 bits per heavy atom. The predicted molar refractivity (Wildman–Crippen MR) is 75.0 cm³/mol. The normalized spacial score (nSPS) is 10.0. The van der Waals surface area contributed by atoms with E-state index in [0.29, 0.717) is 11.4 Å². The molecule has 108 valence electrons. The molecule has 3 N–H and O–H groups in total. The second-order valence-electron chi connectivity index (χ2n) is 4.18. The second kappa shape index (κ2) is 6.00. The molecule has 1 aromatic carbocycles. The molecule has 7 heteroatoms. The highest BCUT2D eigenvalue weighted by atomic mass is 19.1. The third-order valence-electron chi connectivity index (χ3n) is 2.74. The monoisotopic (exact) mass is 289 g/mol. The van der Waals surface area contributed by atoms with Crippen molar-refractivity contribution in [3.05, 3.63) is 53.6 Å². The summed E-state index contributed by atoms with van der Waals surface area (Å²) in [7, 11) is 0. The van der Waals surface area contributed by atoms with Crippen LogP contribution in [-0.4, -0.2) is 22.1 Å². The fourth-order valence-electron chi connectivity index (χ4n) is 1.71. The van der Waals surface area contributed by atoms with Crippen molar-refractivity contribution in [3.8, 4) is 0 Å². The number of carbonyl (C=O) groups is 2. The summed E-state index contributed by atoms with van der Waals surface area (Å²) in [5, 5.41) is 13.7. The average molecular weight is 289 g/mol. The smallest absolute Gasteiger partial charge is 0.337 e. The first-order valence-corrected chi connectivity index (χ1v) is 6.00. The summed E-state index contributed by atoms with van der Waals surface area (Å²) in [6.07, 6.45) is 1.57. The third kappa shape index (κ3) is 3.33. The Morgan fingerprint density at radius 1 is 1.19 bits per heavy atom. The maximum atomic E-state index is 13.7. The lowest BCUT2D eigenvalue weighted by atomic mass is 10.1. The molecule has 0 saturated carbocycles. The lowest BCUT2D eigenvalue weighted by molar-refractivity contribution is 0.0697. The van der Waals surface area contributed by atoms with Gasteiger partial charge >= 0.3 is 12.0 Å². The van der Waals surface area contributed by atoms with E-state index in [0.717, 1.165) is 6.07 Å².